The maximum atomic E-state index is 2.51. The molecule has 139 valence electrons. The van der Waals surface area contributed by atoms with Gasteiger partial charge in [0.25, 0.3) is 0 Å². The summed E-state index contributed by atoms with van der Waals surface area (Å²) in [6.07, 6.45) is 14.3. The quantitative estimate of drug-likeness (QED) is 0.196. The standard InChI is InChI=1S/2C11H23.Al.H2/c2*1-5-6-7-8-9-11(4)10(2)3;;/h2*10-11H,2,5-9H2,1,3-4H3;;1H. The van der Waals surface area contributed by atoms with Gasteiger partial charge in [0, 0.05) is 1.43 Å². The topological polar surface area (TPSA) is 0 Å². The van der Waals surface area contributed by atoms with Gasteiger partial charge in [-0.3, -0.25) is 0 Å². The largest absolute Gasteiger partial charge is 0.200 e. The maximum Gasteiger partial charge on any atom is 0.200 e. The Morgan fingerprint density at radius 2 is 0.957 bits per heavy atom. The predicted octanol–water partition coefficient (Wildman–Crippen LogP) is 8.26. The first kappa shape index (κ1) is 23.5. The molecule has 0 aliphatic heterocycles. The van der Waals surface area contributed by atoms with Crippen LogP contribution in [-0.4, -0.2) is 15.2 Å². The van der Waals surface area contributed by atoms with Crippen molar-refractivity contribution in [2.24, 2.45) is 23.7 Å². The molecule has 0 aromatic heterocycles. The van der Waals surface area contributed by atoms with Gasteiger partial charge < -0.3 is 0 Å². The Labute approximate surface area is 156 Å². The maximum absolute atomic E-state index is 2.51. The summed E-state index contributed by atoms with van der Waals surface area (Å²) >= 11 is 0.677. The fourth-order valence-corrected chi connectivity index (χ4v) is 5.62. The van der Waals surface area contributed by atoms with Crippen LogP contribution in [0.3, 0.4) is 0 Å². The highest BCUT2D eigenvalue weighted by Gasteiger charge is 2.16. The molecule has 1 heteroatoms. The molecule has 0 bridgehead atoms. The molecule has 0 aromatic rings. The Kier molecular flexibility index (Phi) is 16.4. The Morgan fingerprint density at radius 3 is 1.30 bits per heavy atom. The van der Waals surface area contributed by atoms with Crippen molar-refractivity contribution in [1.29, 1.82) is 0 Å². The molecule has 0 amide bonds. The molecule has 0 aromatic carbocycles. The summed E-state index contributed by atoms with van der Waals surface area (Å²) in [5.41, 5.74) is 0. The first-order valence-electron chi connectivity index (χ1n) is 10.8. The lowest BCUT2D eigenvalue weighted by Gasteiger charge is -2.22. The highest BCUT2D eigenvalue weighted by Crippen LogP contribution is 2.25. The van der Waals surface area contributed by atoms with Crippen LogP contribution in [0.4, 0.5) is 0 Å². The van der Waals surface area contributed by atoms with Crippen molar-refractivity contribution in [3.05, 3.63) is 0 Å². The Morgan fingerprint density at radius 1 is 0.565 bits per heavy atom. The average molecular weight is 340 g/mol. The molecule has 0 aliphatic carbocycles. The highest BCUT2D eigenvalue weighted by molar-refractivity contribution is 6.35. The van der Waals surface area contributed by atoms with Crippen molar-refractivity contribution in [2.45, 2.75) is 116 Å². The van der Waals surface area contributed by atoms with Crippen LogP contribution in [0.25, 0.3) is 0 Å². The van der Waals surface area contributed by atoms with Gasteiger partial charge in [-0.1, -0.05) is 118 Å². The van der Waals surface area contributed by atoms with E-state index in [0.717, 1.165) is 23.7 Å². The van der Waals surface area contributed by atoms with E-state index >= 15 is 0 Å². The van der Waals surface area contributed by atoms with Crippen molar-refractivity contribution in [3.8, 4) is 0 Å². The minimum Gasteiger partial charge on any atom is -0.101 e. The minimum absolute atomic E-state index is 0. The summed E-state index contributed by atoms with van der Waals surface area (Å²) < 4.78 is 0. The van der Waals surface area contributed by atoms with Crippen LogP contribution >= 0.6 is 0 Å². The molecular formula is C22H48Al. The van der Waals surface area contributed by atoms with E-state index in [1.807, 2.05) is 0 Å². The summed E-state index contributed by atoms with van der Waals surface area (Å²) in [6, 6.07) is 0. The van der Waals surface area contributed by atoms with Gasteiger partial charge in [0.2, 0.25) is 15.2 Å². The lowest BCUT2D eigenvalue weighted by Crippen LogP contribution is -2.14. The van der Waals surface area contributed by atoms with Gasteiger partial charge in [0.1, 0.15) is 0 Å². The zero-order valence-electron chi connectivity index (χ0n) is 17.4. The summed E-state index contributed by atoms with van der Waals surface area (Å²) in [4.78, 5) is 0. The Bertz CT molecular complexity index is 220. The van der Waals surface area contributed by atoms with E-state index in [-0.39, 0.29) is 1.43 Å². The second-order valence-corrected chi connectivity index (χ2v) is 9.89. The van der Waals surface area contributed by atoms with Crippen molar-refractivity contribution in [3.63, 3.8) is 0 Å². The number of unbranched alkanes of at least 4 members (excludes halogenated alkanes) is 6. The molecule has 0 saturated carbocycles. The SMILES string of the molecule is CCCCCCC(C)C(C)[CH2][Al][CH2]C(C)C(C)CCCCCC.[HH]. The molecular weight excluding hydrogens is 291 g/mol. The van der Waals surface area contributed by atoms with Crippen molar-refractivity contribution < 1.29 is 1.43 Å². The fraction of sp³-hybridized carbons (Fsp3) is 1.00. The average Bonchev–Trinajstić information content (AvgIpc) is 2.54. The smallest absolute Gasteiger partial charge is 0.101 e. The molecule has 0 heterocycles. The Hall–Kier alpha value is 0.532. The van der Waals surface area contributed by atoms with Gasteiger partial charge in [-0.05, 0) is 11.8 Å². The molecule has 4 atom stereocenters. The third-order valence-electron chi connectivity index (χ3n) is 6.05. The Balaban J connectivity index is 0. The van der Waals surface area contributed by atoms with Crippen LogP contribution in [-0.2, 0) is 0 Å². The third kappa shape index (κ3) is 13.5. The summed E-state index contributed by atoms with van der Waals surface area (Å²) in [7, 11) is 0. The van der Waals surface area contributed by atoms with E-state index < -0.39 is 0 Å². The zero-order valence-corrected chi connectivity index (χ0v) is 18.5. The van der Waals surface area contributed by atoms with Crippen LogP contribution in [0.15, 0.2) is 0 Å². The third-order valence-corrected chi connectivity index (χ3v) is 8.20. The monoisotopic (exact) mass is 339 g/mol. The normalized spacial score (nSPS) is 16.8. The molecule has 0 N–H and O–H groups in total. The van der Waals surface area contributed by atoms with Gasteiger partial charge in [-0.15, -0.1) is 10.6 Å². The van der Waals surface area contributed by atoms with Crippen LogP contribution < -0.4 is 0 Å². The fourth-order valence-electron chi connectivity index (χ4n) is 3.44. The lowest BCUT2D eigenvalue weighted by molar-refractivity contribution is 0.365. The van der Waals surface area contributed by atoms with Crippen LogP contribution in [0.2, 0.25) is 10.6 Å². The first-order valence-corrected chi connectivity index (χ1v) is 12.5. The molecule has 0 aliphatic rings. The zero-order chi connectivity index (χ0) is 17.5. The summed E-state index contributed by atoms with van der Waals surface area (Å²) in [5, 5.41) is 3.06. The van der Waals surface area contributed by atoms with E-state index in [2.05, 4.69) is 41.5 Å². The van der Waals surface area contributed by atoms with Crippen molar-refractivity contribution in [1.82, 2.24) is 0 Å². The van der Waals surface area contributed by atoms with Gasteiger partial charge >= 0.3 is 0 Å². The molecule has 0 rings (SSSR count). The number of hydrogen-bond donors (Lipinski definition) is 0. The first-order chi connectivity index (χ1) is 11.0. The van der Waals surface area contributed by atoms with E-state index in [9.17, 15) is 0 Å². The van der Waals surface area contributed by atoms with Crippen LogP contribution in [0.1, 0.15) is 107 Å². The lowest BCUT2D eigenvalue weighted by atomic mass is 9.91. The minimum atomic E-state index is 0. The van der Waals surface area contributed by atoms with Gasteiger partial charge in [-0.2, -0.15) is 0 Å². The van der Waals surface area contributed by atoms with E-state index in [0.29, 0.717) is 15.2 Å². The van der Waals surface area contributed by atoms with Gasteiger partial charge in [0.05, 0.1) is 0 Å². The molecule has 0 saturated heterocycles. The number of rotatable bonds is 16. The summed E-state index contributed by atoms with van der Waals surface area (Å²) in [6.45, 7) is 14.6. The van der Waals surface area contributed by atoms with E-state index in [4.69, 9.17) is 0 Å². The van der Waals surface area contributed by atoms with Crippen LogP contribution in [0.5, 0.6) is 0 Å². The van der Waals surface area contributed by atoms with E-state index in [1.54, 1.807) is 0 Å². The second kappa shape index (κ2) is 16.0. The second-order valence-electron chi connectivity index (χ2n) is 8.37. The van der Waals surface area contributed by atoms with Gasteiger partial charge in [-0.25, -0.2) is 0 Å². The molecule has 0 spiro atoms. The molecule has 1 radical (unpaired) electrons. The molecule has 4 unspecified atom stereocenters. The van der Waals surface area contributed by atoms with E-state index in [1.165, 1.54) is 74.8 Å². The molecule has 23 heavy (non-hydrogen) atoms. The number of hydrogen-bond acceptors (Lipinski definition) is 0. The highest BCUT2D eigenvalue weighted by atomic mass is 27.1. The predicted molar refractivity (Wildman–Crippen MR) is 112 cm³/mol. The molecule has 0 nitrogen and oxygen atoms in total. The van der Waals surface area contributed by atoms with Crippen molar-refractivity contribution >= 4 is 15.2 Å². The summed E-state index contributed by atoms with van der Waals surface area (Å²) in [5.74, 6) is 3.81. The van der Waals surface area contributed by atoms with Crippen molar-refractivity contribution in [2.75, 3.05) is 0 Å². The van der Waals surface area contributed by atoms with Crippen LogP contribution in [0, 0.1) is 23.7 Å². The van der Waals surface area contributed by atoms with Gasteiger partial charge in [0.15, 0.2) is 0 Å². The molecule has 0 fully saturated rings.